The summed E-state index contributed by atoms with van der Waals surface area (Å²) in [6.07, 6.45) is 0.665. The molecule has 3 heteroatoms. The zero-order valence-corrected chi connectivity index (χ0v) is 8.40. The van der Waals surface area contributed by atoms with E-state index in [9.17, 15) is 9.18 Å². The topological polar surface area (TPSA) is 17.1 Å². The molecule has 1 nitrogen and oxygen atoms in total. The lowest BCUT2D eigenvalue weighted by atomic mass is 10.1. The first-order chi connectivity index (χ1) is 5.57. The molecule has 0 aliphatic rings. The minimum Gasteiger partial charge on any atom is -0.298 e. The van der Waals surface area contributed by atoms with E-state index in [1.54, 1.807) is 19.9 Å². The zero-order chi connectivity index (χ0) is 9.30. The molecule has 0 atom stereocenters. The van der Waals surface area contributed by atoms with Crippen LogP contribution in [0.2, 0.25) is 0 Å². The average molecular weight is 231 g/mol. The van der Waals surface area contributed by atoms with Gasteiger partial charge in [0.25, 0.3) is 0 Å². The molecule has 0 aliphatic heterocycles. The van der Waals surface area contributed by atoms with Crippen molar-refractivity contribution in [2.24, 2.45) is 0 Å². The second kappa shape index (κ2) is 3.35. The minimum atomic E-state index is -0.350. The normalized spacial score (nSPS) is 10.0. The summed E-state index contributed by atoms with van der Waals surface area (Å²) >= 11 is 3.10. The molecular weight excluding hydrogens is 223 g/mol. The number of carbonyl (C=O) groups excluding carboxylic acids is 1. The van der Waals surface area contributed by atoms with E-state index in [-0.39, 0.29) is 5.82 Å². The lowest BCUT2D eigenvalue weighted by Crippen LogP contribution is -1.94. The molecule has 1 aromatic carbocycles. The molecule has 1 rings (SSSR count). The number of aryl methyl sites for hydroxylation is 1. The predicted molar refractivity (Wildman–Crippen MR) is 49.0 cm³/mol. The number of rotatable bonds is 1. The Kier molecular flexibility index (Phi) is 2.62. The molecule has 64 valence electrons. The number of hydrogen-bond donors (Lipinski definition) is 0. The van der Waals surface area contributed by atoms with Gasteiger partial charge in [-0.3, -0.25) is 4.79 Å². The van der Waals surface area contributed by atoms with Crippen molar-refractivity contribution in [3.05, 3.63) is 33.0 Å². The number of aldehydes is 1. The molecule has 0 unspecified atom stereocenters. The maximum Gasteiger partial charge on any atom is 0.150 e. The van der Waals surface area contributed by atoms with Crippen LogP contribution in [0.1, 0.15) is 21.5 Å². The number of carbonyl (C=O) groups is 1. The summed E-state index contributed by atoms with van der Waals surface area (Å²) < 4.78 is 13.7. The van der Waals surface area contributed by atoms with E-state index in [1.807, 2.05) is 0 Å². The smallest absolute Gasteiger partial charge is 0.150 e. The summed E-state index contributed by atoms with van der Waals surface area (Å²) in [6, 6.07) is 1.66. The van der Waals surface area contributed by atoms with Crippen molar-refractivity contribution < 1.29 is 9.18 Å². The number of halogens is 2. The fraction of sp³-hybridized carbons (Fsp3) is 0.222. The van der Waals surface area contributed by atoms with Gasteiger partial charge in [0.15, 0.2) is 0 Å². The highest BCUT2D eigenvalue weighted by atomic mass is 79.9. The van der Waals surface area contributed by atoms with Gasteiger partial charge in [0.05, 0.1) is 4.47 Å². The van der Waals surface area contributed by atoms with Crippen LogP contribution in [0.25, 0.3) is 0 Å². The van der Waals surface area contributed by atoms with Gasteiger partial charge in [0.1, 0.15) is 12.1 Å². The van der Waals surface area contributed by atoms with E-state index in [0.29, 0.717) is 21.9 Å². The van der Waals surface area contributed by atoms with E-state index < -0.39 is 0 Å². The third-order valence-corrected chi connectivity index (χ3v) is 2.77. The van der Waals surface area contributed by atoms with Gasteiger partial charge >= 0.3 is 0 Å². The highest BCUT2D eigenvalue weighted by Crippen LogP contribution is 2.24. The molecule has 0 aliphatic carbocycles. The first-order valence-electron chi connectivity index (χ1n) is 3.48. The van der Waals surface area contributed by atoms with Crippen molar-refractivity contribution in [1.82, 2.24) is 0 Å². The summed E-state index contributed by atoms with van der Waals surface area (Å²) in [5, 5.41) is 0. The van der Waals surface area contributed by atoms with Gasteiger partial charge in [0.2, 0.25) is 0 Å². The molecule has 0 spiro atoms. The Hall–Kier alpha value is -0.700. The highest BCUT2D eigenvalue weighted by molar-refractivity contribution is 9.10. The van der Waals surface area contributed by atoms with Crippen molar-refractivity contribution in [3.63, 3.8) is 0 Å². The van der Waals surface area contributed by atoms with Crippen molar-refractivity contribution in [3.8, 4) is 0 Å². The van der Waals surface area contributed by atoms with Crippen molar-refractivity contribution in [2.75, 3.05) is 0 Å². The maximum absolute atomic E-state index is 13.2. The lowest BCUT2D eigenvalue weighted by Gasteiger charge is -2.05. The molecule has 0 saturated heterocycles. The van der Waals surface area contributed by atoms with E-state index in [1.165, 1.54) is 0 Å². The van der Waals surface area contributed by atoms with Crippen LogP contribution >= 0.6 is 15.9 Å². The van der Waals surface area contributed by atoms with Crippen molar-refractivity contribution in [2.45, 2.75) is 13.8 Å². The Morgan fingerprint density at radius 1 is 1.50 bits per heavy atom. The monoisotopic (exact) mass is 230 g/mol. The summed E-state index contributed by atoms with van der Waals surface area (Å²) in [5.74, 6) is -0.350. The van der Waals surface area contributed by atoms with Crippen LogP contribution < -0.4 is 0 Å². The molecule has 0 N–H and O–H groups in total. The molecule has 0 radical (unpaired) electrons. The van der Waals surface area contributed by atoms with Gasteiger partial charge in [0, 0.05) is 5.56 Å². The molecule has 0 amide bonds. The van der Waals surface area contributed by atoms with Crippen molar-refractivity contribution in [1.29, 1.82) is 0 Å². The van der Waals surface area contributed by atoms with Crippen molar-refractivity contribution >= 4 is 22.2 Å². The summed E-state index contributed by atoms with van der Waals surface area (Å²) in [5.41, 5.74) is 1.54. The summed E-state index contributed by atoms with van der Waals surface area (Å²) in [6.45, 7) is 3.34. The standard InChI is InChI=1S/C9H8BrFO/c1-5-3-7(4-12)6(2)9(11)8(5)10/h3-4H,1-2H3. The van der Waals surface area contributed by atoms with Gasteiger partial charge < -0.3 is 0 Å². The second-order valence-electron chi connectivity index (χ2n) is 2.65. The first kappa shape index (κ1) is 9.39. The fourth-order valence-corrected chi connectivity index (χ4v) is 1.40. The quantitative estimate of drug-likeness (QED) is 0.679. The van der Waals surface area contributed by atoms with Crippen LogP contribution in [0.5, 0.6) is 0 Å². The Morgan fingerprint density at radius 2 is 2.08 bits per heavy atom. The predicted octanol–water partition coefficient (Wildman–Crippen LogP) is 3.02. The van der Waals surface area contributed by atoms with Gasteiger partial charge in [-0.1, -0.05) is 0 Å². The van der Waals surface area contributed by atoms with Crippen LogP contribution in [0.3, 0.4) is 0 Å². The molecule has 12 heavy (non-hydrogen) atoms. The van der Waals surface area contributed by atoms with Crippen LogP contribution in [0.4, 0.5) is 4.39 Å². The highest BCUT2D eigenvalue weighted by Gasteiger charge is 2.09. The first-order valence-corrected chi connectivity index (χ1v) is 4.27. The Labute approximate surface area is 78.7 Å². The Balaban J connectivity index is 3.49. The van der Waals surface area contributed by atoms with Crippen LogP contribution in [-0.2, 0) is 0 Å². The number of benzene rings is 1. The van der Waals surface area contributed by atoms with Crippen LogP contribution in [-0.4, -0.2) is 6.29 Å². The van der Waals surface area contributed by atoms with E-state index >= 15 is 0 Å². The van der Waals surface area contributed by atoms with E-state index in [4.69, 9.17) is 0 Å². The molecule has 1 aromatic rings. The van der Waals surface area contributed by atoms with E-state index in [0.717, 1.165) is 5.56 Å². The Morgan fingerprint density at radius 3 is 2.58 bits per heavy atom. The molecule has 0 bridgehead atoms. The average Bonchev–Trinajstić information content (AvgIpc) is 2.08. The molecule has 0 saturated carbocycles. The minimum absolute atomic E-state index is 0.350. The molecular formula is C9H8BrFO. The van der Waals surface area contributed by atoms with Gasteiger partial charge in [-0.15, -0.1) is 0 Å². The second-order valence-corrected chi connectivity index (χ2v) is 3.45. The third kappa shape index (κ3) is 1.41. The van der Waals surface area contributed by atoms with Crippen LogP contribution in [0.15, 0.2) is 10.5 Å². The van der Waals surface area contributed by atoms with E-state index in [2.05, 4.69) is 15.9 Å². The fourth-order valence-electron chi connectivity index (χ4n) is 0.992. The third-order valence-electron chi connectivity index (χ3n) is 1.80. The van der Waals surface area contributed by atoms with Gasteiger partial charge in [-0.25, -0.2) is 4.39 Å². The molecule has 0 fully saturated rings. The SMILES string of the molecule is Cc1cc(C=O)c(C)c(F)c1Br. The van der Waals surface area contributed by atoms with Crippen LogP contribution in [0, 0.1) is 19.7 Å². The Bertz CT molecular complexity index is 334. The largest absolute Gasteiger partial charge is 0.298 e. The summed E-state index contributed by atoms with van der Waals surface area (Å²) in [4.78, 5) is 10.5. The summed E-state index contributed by atoms with van der Waals surface area (Å²) in [7, 11) is 0. The zero-order valence-electron chi connectivity index (χ0n) is 6.82. The van der Waals surface area contributed by atoms with Gasteiger partial charge in [-0.2, -0.15) is 0 Å². The molecule has 0 aromatic heterocycles. The number of hydrogen-bond acceptors (Lipinski definition) is 1. The van der Waals surface area contributed by atoms with Gasteiger partial charge in [-0.05, 0) is 47.0 Å². The maximum atomic E-state index is 13.2. The lowest BCUT2D eigenvalue weighted by molar-refractivity contribution is 0.112. The molecule has 0 heterocycles.